The van der Waals surface area contributed by atoms with Gasteiger partial charge in [-0.3, -0.25) is 4.79 Å². The van der Waals surface area contributed by atoms with Gasteiger partial charge in [-0.2, -0.15) is 5.10 Å². The zero-order valence-corrected chi connectivity index (χ0v) is 12.0. The second kappa shape index (κ2) is 5.36. The van der Waals surface area contributed by atoms with Gasteiger partial charge in [0, 0.05) is 24.1 Å². The summed E-state index contributed by atoms with van der Waals surface area (Å²) in [6.07, 6.45) is 0. The summed E-state index contributed by atoms with van der Waals surface area (Å²) >= 11 is 0. The van der Waals surface area contributed by atoms with Crippen molar-refractivity contribution in [3.8, 4) is 0 Å². The lowest BCUT2D eigenvalue weighted by molar-refractivity contribution is 0.628. The zero-order valence-electron chi connectivity index (χ0n) is 12.0. The van der Waals surface area contributed by atoms with Crippen LogP contribution in [0, 0.1) is 6.92 Å². The SMILES string of the molecule is CNc1nc2ccccc2cc1Cn1nc(C)ccc1=O. The maximum Gasteiger partial charge on any atom is 0.267 e. The lowest BCUT2D eigenvalue weighted by atomic mass is 10.1. The number of rotatable bonds is 3. The van der Waals surface area contributed by atoms with Gasteiger partial charge in [0.2, 0.25) is 0 Å². The van der Waals surface area contributed by atoms with Crippen molar-refractivity contribution >= 4 is 16.7 Å². The second-order valence-corrected chi connectivity index (χ2v) is 4.91. The Bertz CT molecular complexity index is 854. The van der Waals surface area contributed by atoms with Gasteiger partial charge in [0.25, 0.3) is 5.56 Å². The number of aromatic nitrogens is 3. The summed E-state index contributed by atoms with van der Waals surface area (Å²) in [5.41, 5.74) is 2.57. The number of nitrogens with zero attached hydrogens (tertiary/aromatic N) is 3. The smallest absolute Gasteiger partial charge is 0.267 e. The summed E-state index contributed by atoms with van der Waals surface area (Å²) in [7, 11) is 1.83. The van der Waals surface area contributed by atoms with Crippen molar-refractivity contribution < 1.29 is 0 Å². The number of hydrogen-bond donors (Lipinski definition) is 1. The fourth-order valence-corrected chi connectivity index (χ4v) is 2.32. The van der Waals surface area contributed by atoms with E-state index in [9.17, 15) is 4.79 Å². The van der Waals surface area contributed by atoms with Crippen LogP contribution >= 0.6 is 0 Å². The Labute approximate surface area is 122 Å². The van der Waals surface area contributed by atoms with E-state index in [0.717, 1.165) is 28.0 Å². The van der Waals surface area contributed by atoms with Gasteiger partial charge < -0.3 is 5.32 Å². The van der Waals surface area contributed by atoms with Crippen molar-refractivity contribution in [3.63, 3.8) is 0 Å². The highest BCUT2D eigenvalue weighted by Gasteiger charge is 2.08. The number of hydrogen-bond acceptors (Lipinski definition) is 4. The minimum Gasteiger partial charge on any atom is -0.373 e. The minimum absolute atomic E-state index is 0.115. The average Bonchev–Trinajstić information content (AvgIpc) is 2.50. The lowest BCUT2D eigenvalue weighted by Crippen LogP contribution is -2.23. The summed E-state index contributed by atoms with van der Waals surface area (Å²) in [6.45, 7) is 2.27. The molecule has 21 heavy (non-hydrogen) atoms. The standard InChI is InChI=1S/C16H16N4O/c1-11-7-8-15(21)20(19-11)10-13-9-12-5-3-4-6-14(12)18-16(13)17-2/h3-9H,10H2,1-2H3,(H,17,18). The van der Waals surface area contributed by atoms with Gasteiger partial charge in [-0.1, -0.05) is 18.2 Å². The first-order valence-corrected chi connectivity index (χ1v) is 6.78. The molecule has 2 heterocycles. The molecular weight excluding hydrogens is 264 g/mol. The number of anilines is 1. The highest BCUT2D eigenvalue weighted by Crippen LogP contribution is 2.20. The van der Waals surface area contributed by atoms with Gasteiger partial charge >= 0.3 is 0 Å². The third-order valence-electron chi connectivity index (χ3n) is 3.36. The number of pyridine rings is 1. The molecule has 5 heteroatoms. The molecule has 0 atom stereocenters. The van der Waals surface area contributed by atoms with Crippen LogP contribution in [0.5, 0.6) is 0 Å². The lowest BCUT2D eigenvalue weighted by Gasteiger charge is -2.11. The van der Waals surface area contributed by atoms with Gasteiger partial charge in [0.1, 0.15) is 5.82 Å². The summed E-state index contributed by atoms with van der Waals surface area (Å²) in [6, 6.07) is 13.2. The van der Waals surface area contributed by atoms with E-state index in [0.29, 0.717) is 6.54 Å². The highest BCUT2D eigenvalue weighted by molar-refractivity contribution is 5.81. The van der Waals surface area contributed by atoms with E-state index >= 15 is 0 Å². The molecule has 0 aliphatic carbocycles. The van der Waals surface area contributed by atoms with Crippen molar-refractivity contribution in [2.45, 2.75) is 13.5 Å². The molecule has 0 radical (unpaired) electrons. The normalized spacial score (nSPS) is 10.8. The third kappa shape index (κ3) is 2.63. The number of fused-ring (bicyclic) bond motifs is 1. The predicted octanol–water partition coefficient (Wildman–Crippen LogP) is 2.19. The van der Waals surface area contributed by atoms with Gasteiger partial charge in [0.15, 0.2) is 0 Å². The maximum atomic E-state index is 11.9. The Morgan fingerprint density at radius 3 is 2.81 bits per heavy atom. The van der Waals surface area contributed by atoms with E-state index in [1.54, 1.807) is 6.07 Å². The van der Waals surface area contributed by atoms with Crippen molar-refractivity contribution in [2.24, 2.45) is 0 Å². The quantitative estimate of drug-likeness (QED) is 0.799. The van der Waals surface area contributed by atoms with Crippen molar-refractivity contribution in [1.82, 2.24) is 14.8 Å². The summed E-state index contributed by atoms with van der Waals surface area (Å²) in [5.74, 6) is 0.768. The van der Waals surface area contributed by atoms with Crippen molar-refractivity contribution in [2.75, 3.05) is 12.4 Å². The number of benzene rings is 1. The molecule has 0 aliphatic rings. The first kappa shape index (κ1) is 13.3. The number of para-hydroxylation sites is 1. The van der Waals surface area contributed by atoms with Crippen LogP contribution in [0.1, 0.15) is 11.3 Å². The molecule has 3 aromatic rings. The number of aryl methyl sites for hydroxylation is 1. The molecule has 5 nitrogen and oxygen atoms in total. The molecule has 0 aliphatic heterocycles. The second-order valence-electron chi connectivity index (χ2n) is 4.91. The molecule has 0 saturated carbocycles. The minimum atomic E-state index is -0.115. The molecule has 1 N–H and O–H groups in total. The average molecular weight is 280 g/mol. The van der Waals surface area contributed by atoms with Crippen LogP contribution in [0.15, 0.2) is 47.3 Å². The molecule has 0 bridgehead atoms. The zero-order chi connectivity index (χ0) is 14.8. The van der Waals surface area contributed by atoms with Crippen LogP contribution in [0.3, 0.4) is 0 Å². The molecular formula is C16H16N4O. The third-order valence-corrected chi connectivity index (χ3v) is 3.36. The maximum absolute atomic E-state index is 11.9. The Kier molecular flexibility index (Phi) is 3.39. The summed E-state index contributed by atoms with van der Waals surface area (Å²) < 4.78 is 1.46. The largest absolute Gasteiger partial charge is 0.373 e. The van der Waals surface area contributed by atoms with E-state index in [4.69, 9.17) is 0 Å². The topological polar surface area (TPSA) is 59.8 Å². The van der Waals surface area contributed by atoms with Gasteiger partial charge in [-0.05, 0) is 25.1 Å². The highest BCUT2D eigenvalue weighted by atomic mass is 16.1. The van der Waals surface area contributed by atoms with Crippen LogP contribution in [0.4, 0.5) is 5.82 Å². The fourth-order valence-electron chi connectivity index (χ4n) is 2.32. The molecule has 0 spiro atoms. The van der Waals surface area contributed by atoms with E-state index < -0.39 is 0 Å². The Morgan fingerprint density at radius 1 is 1.19 bits per heavy atom. The molecule has 0 saturated heterocycles. The monoisotopic (exact) mass is 280 g/mol. The first-order valence-electron chi connectivity index (χ1n) is 6.78. The van der Waals surface area contributed by atoms with E-state index in [-0.39, 0.29) is 5.56 Å². The van der Waals surface area contributed by atoms with Crippen LogP contribution in [0.2, 0.25) is 0 Å². The molecule has 0 fully saturated rings. The molecule has 0 unspecified atom stereocenters. The molecule has 106 valence electrons. The Hall–Kier alpha value is -2.69. The molecule has 1 aromatic carbocycles. The van der Waals surface area contributed by atoms with Gasteiger partial charge in [0.05, 0.1) is 17.8 Å². The van der Waals surface area contributed by atoms with Gasteiger partial charge in [-0.15, -0.1) is 0 Å². The Balaban J connectivity index is 2.10. The summed E-state index contributed by atoms with van der Waals surface area (Å²) in [4.78, 5) is 16.5. The van der Waals surface area contributed by atoms with Gasteiger partial charge in [-0.25, -0.2) is 9.67 Å². The molecule has 3 rings (SSSR count). The van der Waals surface area contributed by atoms with Crippen LogP contribution in [-0.4, -0.2) is 21.8 Å². The predicted molar refractivity (Wildman–Crippen MR) is 83.6 cm³/mol. The summed E-state index contributed by atoms with van der Waals surface area (Å²) in [5, 5.41) is 8.41. The van der Waals surface area contributed by atoms with Crippen molar-refractivity contribution in [1.29, 1.82) is 0 Å². The first-order chi connectivity index (χ1) is 10.2. The Morgan fingerprint density at radius 2 is 2.00 bits per heavy atom. The van der Waals surface area contributed by atoms with Crippen LogP contribution < -0.4 is 10.9 Å². The van der Waals surface area contributed by atoms with Crippen LogP contribution in [0.25, 0.3) is 10.9 Å². The van der Waals surface area contributed by atoms with Crippen molar-refractivity contribution in [3.05, 3.63) is 64.1 Å². The molecule has 2 aromatic heterocycles. The van der Waals surface area contributed by atoms with E-state index in [1.807, 2.05) is 44.3 Å². The van der Waals surface area contributed by atoms with E-state index in [2.05, 4.69) is 15.4 Å². The molecule has 0 amide bonds. The number of nitrogens with one attached hydrogen (secondary N) is 1. The van der Waals surface area contributed by atoms with E-state index in [1.165, 1.54) is 10.7 Å². The van der Waals surface area contributed by atoms with Crippen LogP contribution in [-0.2, 0) is 6.54 Å². The fraction of sp³-hybridized carbons (Fsp3) is 0.188.